The minimum atomic E-state index is -0.236. The average Bonchev–Trinajstić information content (AvgIpc) is 3.04. The van der Waals surface area contributed by atoms with Crippen LogP contribution in [0.2, 0.25) is 0 Å². The van der Waals surface area contributed by atoms with Gasteiger partial charge in [0.2, 0.25) is 5.91 Å². The van der Waals surface area contributed by atoms with Gasteiger partial charge in [-0.05, 0) is 12.8 Å². The zero-order valence-corrected chi connectivity index (χ0v) is 18.7. The average molecular weight is 395 g/mol. The van der Waals surface area contributed by atoms with E-state index in [-0.39, 0.29) is 30.7 Å². The number of hydrogen-bond donors (Lipinski definition) is 2. The fourth-order valence-corrected chi connectivity index (χ4v) is 4.22. The Hall–Kier alpha value is -0.545. The molecule has 0 aromatic heterocycles. The van der Waals surface area contributed by atoms with E-state index in [1.165, 1.54) is 83.5 Å². The van der Waals surface area contributed by atoms with Gasteiger partial charge in [0.1, 0.15) is 14.0 Å². The maximum absolute atomic E-state index is 12.1. The summed E-state index contributed by atoms with van der Waals surface area (Å²) in [5.74, 6) is 0.107. The van der Waals surface area contributed by atoms with E-state index >= 15 is 0 Å². The van der Waals surface area contributed by atoms with E-state index in [1.807, 2.05) is 7.85 Å². The maximum atomic E-state index is 12.1. The van der Waals surface area contributed by atoms with E-state index in [4.69, 9.17) is 4.74 Å². The van der Waals surface area contributed by atoms with Crippen molar-refractivity contribution in [3.8, 4) is 0 Å². The first-order valence-corrected chi connectivity index (χ1v) is 12.2. The number of unbranched alkanes of at least 4 members (excludes halogenated alkanes) is 14. The Morgan fingerprint density at radius 3 is 1.82 bits per heavy atom. The van der Waals surface area contributed by atoms with E-state index < -0.39 is 0 Å². The second kappa shape index (κ2) is 17.3. The molecule has 1 aliphatic rings. The Morgan fingerprint density at radius 1 is 0.893 bits per heavy atom. The maximum Gasteiger partial charge on any atom is 0.220 e. The lowest BCUT2D eigenvalue weighted by Crippen LogP contribution is -2.41. The van der Waals surface area contributed by atoms with Crippen molar-refractivity contribution < 1.29 is 14.6 Å². The lowest BCUT2D eigenvalue weighted by molar-refractivity contribution is -0.122. The minimum Gasteiger partial charge on any atom is -0.394 e. The van der Waals surface area contributed by atoms with Crippen molar-refractivity contribution in [3.05, 3.63) is 0 Å². The Morgan fingerprint density at radius 2 is 1.36 bits per heavy atom. The van der Waals surface area contributed by atoms with E-state index in [0.29, 0.717) is 6.42 Å². The summed E-state index contributed by atoms with van der Waals surface area (Å²) in [6, 6.07) is 0.0945. The van der Waals surface area contributed by atoms with Crippen molar-refractivity contribution in [2.45, 2.75) is 134 Å². The van der Waals surface area contributed by atoms with Crippen molar-refractivity contribution >= 4 is 13.8 Å². The van der Waals surface area contributed by atoms with Crippen LogP contribution in [0.15, 0.2) is 0 Å². The number of carbonyl (C=O) groups excluding carboxylic acids is 1. The molecule has 0 bridgehead atoms. The van der Waals surface area contributed by atoms with Gasteiger partial charge in [-0.1, -0.05) is 96.8 Å². The third-order valence-electron chi connectivity index (χ3n) is 5.98. The van der Waals surface area contributed by atoms with E-state index in [2.05, 4.69) is 12.2 Å². The van der Waals surface area contributed by atoms with Crippen LogP contribution in [-0.2, 0) is 9.53 Å². The van der Waals surface area contributed by atoms with Crippen molar-refractivity contribution in [2.75, 3.05) is 6.61 Å². The molecule has 5 heteroatoms. The smallest absolute Gasteiger partial charge is 0.220 e. The Balaban J connectivity index is 1.82. The summed E-state index contributed by atoms with van der Waals surface area (Å²) in [5, 5.41) is 12.3. The molecular formula is C23H46BNO3. The number of rotatable bonds is 18. The van der Waals surface area contributed by atoms with Crippen LogP contribution in [0, 0.1) is 0 Å². The lowest BCUT2D eigenvalue weighted by Gasteiger charge is -2.17. The molecule has 1 saturated heterocycles. The fraction of sp³-hybridized carbons (Fsp3) is 0.957. The Kier molecular flexibility index (Phi) is 15.8. The van der Waals surface area contributed by atoms with Gasteiger partial charge >= 0.3 is 0 Å². The highest BCUT2D eigenvalue weighted by atomic mass is 16.5. The highest BCUT2D eigenvalue weighted by Gasteiger charge is 2.32. The van der Waals surface area contributed by atoms with Gasteiger partial charge in [0.25, 0.3) is 0 Å². The van der Waals surface area contributed by atoms with Crippen LogP contribution in [-0.4, -0.2) is 43.6 Å². The fourth-order valence-electron chi connectivity index (χ4n) is 4.22. The molecule has 0 unspecified atom stereocenters. The first-order chi connectivity index (χ1) is 13.7. The number of nitrogens with one attached hydrogen (secondary N) is 1. The largest absolute Gasteiger partial charge is 0.394 e. The molecule has 28 heavy (non-hydrogen) atoms. The van der Waals surface area contributed by atoms with Crippen LogP contribution < -0.4 is 5.32 Å². The quantitative estimate of drug-likeness (QED) is 0.266. The zero-order valence-electron chi connectivity index (χ0n) is 18.7. The summed E-state index contributed by atoms with van der Waals surface area (Å²) in [4.78, 5) is 12.1. The number of aliphatic hydroxyl groups is 1. The predicted molar refractivity (Wildman–Crippen MR) is 120 cm³/mol. The molecule has 1 rings (SSSR count). The molecule has 0 radical (unpaired) electrons. The second-order valence-corrected chi connectivity index (χ2v) is 8.78. The van der Waals surface area contributed by atoms with Gasteiger partial charge in [0, 0.05) is 12.4 Å². The van der Waals surface area contributed by atoms with Gasteiger partial charge in [-0.15, -0.1) is 0 Å². The van der Waals surface area contributed by atoms with Gasteiger partial charge in [-0.25, -0.2) is 0 Å². The summed E-state index contributed by atoms with van der Waals surface area (Å²) in [6.45, 7) is 2.26. The first kappa shape index (κ1) is 25.5. The van der Waals surface area contributed by atoms with Gasteiger partial charge < -0.3 is 15.2 Å². The van der Waals surface area contributed by atoms with Crippen LogP contribution in [0.5, 0.6) is 0 Å². The number of ether oxygens (including phenoxy) is 1. The number of aliphatic hydroxyl groups excluding tert-OH is 1. The molecule has 0 aromatic carbocycles. The van der Waals surface area contributed by atoms with Crippen LogP contribution in [0.4, 0.5) is 0 Å². The van der Waals surface area contributed by atoms with Gasteiger partial charge in [-0.2, -0.15) is 0 Å². The molecule has 1 aliphatic heterocycles. The molecule has 1 amide bonds. The second-order valence-electron chi connectivity index (χ2n) is 8.78. The molecular weight excluding hydrogens is 349 g/mol. The lowest BCUT2D eigenvalue weighted by atomic mass is 9.95. The summed E-state index contributed by atoms with van der Waals surface area (Å²) >= 11 is 0. The normalized spacial score (nSPS) is 21.9. The summed E-state index contributed by atoms with van der Waals surface area (Å²) in [7, 11) is 1.99. The molecule has 164 valence electrons. The Labute approximate surface area is 175 Å². The van der Waals surface area contributed by atoms with E-state index in [1.54, 1.807) is 0 Å². The third-order valence-corrected chi connectivity index (χ3v) is 5.98. The summed E-state index contributed by atoms with van der Waals surface area (Å²) < 4.78 is 5.59. The number of carbonyl (C=O) groups is 1. The molecule has 3 atom stereocenters. The monoisotopic (exact) mass is 395 g/mol. The highest BCUT2D eigenvalue weighted by molar-refractivity contribution is 6.11. The topological polar surface area (TPSA) is 58.6 Å². The summed E-state index contributed by atoms with van der Waals surface area (Å²) in [6.07, 6.45) is 21.2. The van der Waals surface area contributed by atoms with Crippen LogP contribution in [0.1, 0.15) is 116 Å². The van der Waals surface area contributed by atoms with Gasteiger partial charge in [0.15, 0.2) is 0 Å². The molecule has 2 N–H and O–H groups in total. The van der Waals surface area contributed by atoms with E-state index in [9.17, 15) is 9.90 Å². The van der Waals surface area contributed by atoms with E-state index in [0.717, 1.165) is 19.3 Å². The molecule has 1 fully saturated rings. The first-order valence-electron chi connectivity index (χ1n) is 12.2. The summed E-state index contributed by atoms with van der Waals surface area (Å²) in [5.41, 5.74) is 0. The molecule has 0 aliphatic carbocycles. The molecule has 0 spiro atoms. The number of amides is 1. The number of hydrogen-bond acceptors (Lipinski definition) is 3. The standard InChI is InChI=1S/C23H46BNO3/c1-2-3-4-5-6-7-8-9-10-11-12-13-14-15-16-17-23(27)25-20-18-22(24)28-21(20)19-26/h20-22,26H,2-19,24H2,1H3,(H,25,27)/t20-,21-,22-/m1/s1. The van der Waals surface area contributed by atoms with Crippen molar-refractivity contribution in [3.63, 3.8) is 0 Å². The SMILES string of the molecule is B[C@H]1C[C@@H](NC(=O)CCCCCCCCCCCCCCCCC)[C@@H](CO)O1. The van der Waals surface area contributed by atoms with Crippen LogP contribution >= 0.6 is 0 Å². The zero-order chi connectivity index (χ0) is 20.5. The van der Waals surface area contributed by atoms with Crippen molar-refractivity contribution in [1.29, 1.82) is 0 Å². The van der Waals surface area contributed by atoms with Crippen molar-refractivity contribution in [1.82, 2.24) is 5.32 Å². The third kappa shape index (κ3) is 12.8. The highest BCUT2D eigenvalue weighted by Crippen LogP contribution is 2.18. The van der Waals surface area contributed by atoms with Crippen molar-refractivity contribution in [2.24, 2.45) is 0 Å². The molecule has 4 nitrogen and oxygen atoms in total. The Bertz CT molecular complexity index is 381. The molecule has 0 saturated carbocycles. The van der Waals surface area contributed by atoms with Gasteiger partial charge in [-0.3, -0.25) is 4.79 Å². The predicted octanol–water partition coefficient (Wildman–Crippen LogP) is 4.47. The van der Waals surface area contributed by atoms with Crippen LogP contribution in [0.25, 0.3) is 0 Å². The molecule has 0 aromatic rings. The minimum absolute atomic E-state index is 0.0196. The van der Waals surface area contributed by atoms with Crippen LogP contribution in [0.3, 0.4) is 0 Å². The van der Waals surface area contributed by atoms with Gasteiger partial charge in [0.05, 0.1) is 12.6 Å². The molecule has 1 heterocycles.